The number of hydrogen-bond donors (Lipinski definition) is 1. The van der Waals surface area contributed by atoms with Gasteiger partial charge in [-0.3, -0.25) is 0 Å². The molecule has 4 heteroatoms. The van der Waals surface area contributed by atoms with Crippen molar-refractivity contribution in [3.8, 4) is 11.5 Å². The summed E-state index contributed by atoms with van der Waals surface area (Å²) < 4.78 is 10.5. The van der Waals surface area contributed by atoms with Crippen molar-refractivity contribution in [1.82, 2.24) is 0 Å². The molecule has 0 amide bonds. The molecule has 0 spiro atoms. The Morgan fingerprint density at radius 2 is 1.88 bits per heavy atom. The van der Waals surface area contributed by atoms with E-state index in [1.165, 1.54) is 0 Å². The molecule has 1 atom stereocenters. The number of rotatable bonds is 5. The Morgan fingerprint density at radius 1 is 1.25 bits per heavy atom. The second-order valence-corrected chi connectivity index (χ2v) is 4.56. The topological polar surface area (TPSA) is 18.5 Å². The number of benzene rings is 1. The molecule has 0 heterocycles. The summed E-state index contributed by atoms with van der Waals surface area (Å²) in [4.78, 5) is 0. The van der Waals surface area contributed by atoms with Gasteiger partial charge in [-0.05, 0) is 29.7 Å². The van der Waals surface area contributed by atoms with Gasteiger partial charge in [-0.25, -0.2) is 0 Å². The van der Waals surface area contributed by atoms with Crippen molar-refractivity contribution < 1.29 is 9.47 Å². The average Bonchev–Trinajstić information content (AvgIpc) is 2.30. The highest BCUT2D eigenvalue weighted by atomic mass is 35.5. The monoisotopic (exact) mass is 260 g/mol. The summed E-state index contributed by atoms with van der Waals surface area (Å²) in [5, 5.41) is 0.571. The molecule has 1 aromatic carbocycles. The van der Waals surface area contributed by atoms with Crippen molar-refractivity contribution in [2.45, 2.75) is 13.3 Å². The fourth-order valence-electron chi connectivity index (χ4n) is 1.52. The summed E-state index contributed by atoms with van der Waals surface area (Å²) in [6, 6.07) is 3.72. The maximum Gasteiger partial charge on any atom is 0.137 e. The Kier molecular flexibility index (Phi) is 5.29. The summed E-state index contributed by atoms with van der Waals surface area (Å²) in [6.45, 7) is 2.15. The predicted molar refractivity (Wildman–Crippen MR) is 71.3 cm³/mol. The first kappa shape index (κ1) is 13.5. The van der Waals surface area contributed by atoms with E-state index in [0.29, 0.717) is 16.7 Å². The van der Waals surface area contributed by atoms with Crippen LogP contribution < -0.4 is 9.47 Å². The molecule has 16 heavy (non-hydrogen) atoms. The number of hydrogen-bond acceptors (Lipinski definition) is 3. The number of thiol groups is 1. The first-order valence-electron chi connectivity index (χ1n) is 5.13. The zero-order valence-corrected chi connectivity index (χ0v) is 11.4. The van der Waals surface area contributed by atoms with Gasteiger partial charge in [0.1, 0.15) is 11.5 Å². The van der Waals surface area contributed by atoms with Crippen LogP contribution in [0.2, 0.25) is 5.02 Å². The molecule has 2 nitrogen and oxygen atoms in total. The molecule has 0 fully saturated rings. The van der Waals surface area contributed by atoms with Crippen LogP contribution >= 0.6 is 24.2 Å². The van der Waals surface area contributed by atoms with Crippen molar-refractivity contribution in [3.05, 3.63) is 22.7 Å². The molecule has 0 N–H and O–H groups in total. The largest absolute Gasteiger partial charge is 0.496 e. The lowest BCUT2D eigenvalue weighted by Gasteiger charge is -2.14. The Balaban J connectivity index is 3.04. The number of halogens is 1. The molecule has 1 rings (SSSR count). The van der Waals surface area contributed by atoms with Gasteiger partial charge in [0.05, 0.1) is 19.2 Å². The van der Waals surface area contributed by atoms with Gasteiger partial charge in [-0.1, -0.05) is 18.5 Å². The molecule has 1 unspecified atom stereocenters. The van der Waals surface area contributed by atoms with Crippen LogP contribution in [0.3, 0.4) is 0 Å². The lowest BCUT2D eigenvalue weighted by Crippen LogP contribution is -2.03. The second-order valence-electron chi connectivity index (χ2n) is 3.79. The van der Waals surface area contributed by atoms with Crippen LogP contribution in [0.5, 0.6) is 11.5 Å². The Bertz CT molecular complexity index is 355. The molecule has 0 aromatic heterocycles. The molecule has 0 bridgehead atoms. The van der Waals surface area contributed by atoms with E-state index >= 15 is 0 Å². The highest BCUT2D eigenvalue weighted by Gasteiger charge is 2.12. The smallest absolute Gasteiger partial charge is 0.137 e. The van der Waals surface area contributed by atoms with Gasteiger partial charge in [-0.2, -0.15) is 12.6 Å². The third kappa shape index (κ3) is 3.22. The quantitative estimate of drug-likeness (QED) is 0.818. The summed E-state index contributed by atoms with van der Waals surface area (Å²) >= 11 is 10.3. The van der Waals surface area contributed by atoms with Crippen LogP contribution in [0, 0.1) is 5.92 Å². The first-order chi connectivity index (χ1) is 7.62. The molecule has 0 aliphatic rings. The molecular weight excluding hydrogens is 244 g/mol. The zero-order valence-electron chi connectivity index (χ0n) is 9.79. The fraction of sp³-hybridized carbons (Fsp3) is 0.500. The van der Waals surface area contributed by atoms with Crippen LogP contribution in [0.4, 0.5) is 0 Å². The predicted octanol–water partition coefficient (Wildman–Crippen LogP) is 3.47. The van der Waals surface area contributed by atoms with Crippen LogP contribution in [-0.2, 0) is 6.42 Å². The summed E-state index contributed by atoms with van der Waals surface area (Å²) in [5.74, 6) is 2.82. The summed E-state index contributed by atoms with van der Waals surface area (Å²) in [6.07, 6.45) is 0.903. The Labute approximate surface area is 107 Å². The van der Waals surface area contributed by atoms with E-state index in [9.17, 15) is 0 Å². The molecule has 0 saturated carbocycles. The zero-order chi connectivity index (χ0) is 12.1. The maximum absolute atomic E-state index is 6.03. The molecule has 1 aromatic rings. The van der Waals surface area contributed by atoms with Gasteiger partial charge in [-0.15, -0.1) is 0 Å². The van der Waals surface area contributed by atoms with E-state index < -0.39 is 0 Å². The molecule has 0 saturated heterocycles. The van der Waals surface area contributed by atoms with Gasteiger partial charge < -0.3 is 9.47 Å². The third-order valence-corrected chi connectivity index (χ3v) is 3.35. The van der Waals surface area contributed by atoms with Gasteiger partial charge in [0, 0.05) is 6.07 Å². The van der Waals surface area contributed by atoms with E-state index in [1.54, 1.807) is 20.3 Å². The molecular formula is C12H17ClO2S. The lowest BCUT2D eigenvalue weighted by atomic mass is 10.0. The number of methoxy groups -OCH3 is 2. The first-order valence-corrected chi connectivity index (χ1v) is 6.14. The minimum absolute atomic E-state index is 0.489. The minimum atomic E-state index is 0.489. The molecule has 0 aliphatic carbocycles. The van der Waals surface area contributed by atoms with E-state index in [0.717, 1.165) is 23.5 Å². The van der Waals surface area contributed by atoms with Crippen LogP contribution in [0.1, 0.15) is 12.5 Å². The van der Waals surface area contributed by atoms with Crippen molar-refractivity contribution >= 4 is 24.2 Å². The highest BCUT2D eigenvalue weighted by Crippen LogP contribution is 2.33. The van der Waals surface area contributed by atoms with E-state index in [4.69, 9.17) is 21.1 Å². The Hall–Kier alpha value is -0.540. The SMILES string of the molecule is COc1cc(CC(C)CS)c(OC)cc1Cl. The van der Waals surface area contributed by atoms with E-state index in [1.807, 2.05) is 6.07 Å². The molecule has 0 radical (unpaired) electrons. The van der Waals surface area contributed by atoms with E-state index in [2.05, 4.69) is 19.6 Å². The standard InChI is InChI=1S/C12H17ClO2S/c1-8(7-16)4-9-5-12(15-3)10(13)6-11(9)14-2/h5-6,8,16H,4,7H2,1-3H3. The van der Waals surface area contributed by atoms with Gasteiger partial charge in [0.15, 0.2) is 0 Å². The highest BCUT2D eigenvalue weighted by molar-refractivity contribution is 7.80. The van der Waals surface area contributed by atoms with Crippen molar-refractivity contribution in [3.63, 3.8) is 0 Å². The average molecular weight is 261 g/mol. The summed E-state index contributed by atoms with van der Waals surface area (Å²) in [7, 11) is 3.26. The van der Waals surface area contributed by atoms with Crippen molar-refractivity contribution in [2.75, 3.05) is 20.0 Å². The minimum Gasteiger partial charge on any atom is -0.496 e. The van der Waals surface area contributed by atoms with Crippen LogP contribution in [0.25, 0.3) is 0 Å². The van der Waals surface area contributed by atoms with Crippen molar-refractivity contribution in [1.29, 1.82) is 0 Å². The van der Waals surface area contributed by atoms with Gasteiger partial charge >= 0.3 is 0 Å². The molecule has 90 valence electrons. The van der Waals surface area contributed by atoms with Gasteiger partial charge in [0.25, 0.3) is 0 Å². The third-order valence-electron chi connectivity index (χ3n) is 2.43. The fourth-order valence-corrected chi connectivity index (χ4v) is 1.88. The normalized spacial score (nSPS) is 12.3. The van der Waals surface area contributed by atoms with Crippen LogP contribution in [0.15, 0.2) is 12.1 Å². The summed E-state index contributed by atoms with van der Waals surface area (Å²) in [5.41, 5.74) is 1.10. The van der Waals surface area contributed by atoms with E-state index in [-0.39, 0.29) is 0 Å². The second kappa shape index (κ2) is 6.26. The van der Waals surface area contributed by atoms with Crippen molar-refractivity contribution in [2.24, 2.45) is 5.92 Å². The maximum atomic E-state index is 6.03. The molecule has 0 aliphatic heterocycles. The van der Waals surface area contributed by atoms with Gasteiger partial charge in [0.2, 0.25) is 0 Å². The lowest BCUT2D eigenvalue weighted by molar-refractivity contribution is 0.396. The Morgan fingerprint density at radius 3 is 2.38 bits per heavy atom. The van der Waals surface area contributed by atoms with Crippen LogP contribution in [-0.4, -0.2) is 20.0 Å². The number of ether oxygens (including phenoxy) is 2.